The standard InChI is InChI=1S/C10H13F2O5P/c1-3-15-18(13,16-4-2)17-9(10(11)12)8-6-5-7-14-8/h5-7H,3-4H2,1-2H3. The minimum atomic E-state index is -4.07. The number of hydrogen-bond acceptors (Lipinski definition) is 5. The highest BCUT2D eigenvalue weighted by atomic mass is 31.2. The average Bonchev–Trinajstić information content (AvgIpc) is 2.79. The molecule has 5 nitrogen and oxygen atoms in total. The smallest absolute Gasteiger partial charge is 0.461 e. The molecule has 0 saturated heterocycles. The van der Waals surface area contributed by atoms with Gasteiger partial charge in [-0.1, -0.05) is 0 Å². The van der Waals surface area contributed by atoms with E-state index in [2.05, 4.69) is 4.52 Å². The highest BCUT2D eigenvalue weighted by Gasteiger charge is 2.32. The minimum Gasteiger partial charge on any atom is -0.461 e. The molecule has 0 fully saturated rings. The molecule has 0 bridgehead atoms. The summed E-state index contributed by atoms with van der Waals surface area (Å²) in [6.07, 6.45) is -0.988. The van der Waals surface area contributed by atoms with Gasteiger partial charge in [0.2, 0.25) is 5.76 Å². The number of phosphoric acid groups is 1. The molecule has 1 aromatic heterocycles. The molecule has 0 amide bonds. The zero-order valence-electron chi connectivity index (χ0n) is 9.89. The van der Waals surface area contributed by atoms with Crippen molar-refractivity contribution in [3.05, 3.63) is 30.2 Å². The molecule has 0 aliphatic carbocycles. The van der Waals surface area contributed by atoms with Crippen LogP contribution in [0.15, 0.2) is 28.9 Å². The van der Waals surface area contributed by atoms with Crippen LogP contribution in [0.2, 0.25) is 0 Å². The van der Waals surface area contributed by atoms with E-state index in [9.17, 15) is 13.3 Å². The van der Waals surface area contributed by atoms with Gasteiger partial charge in [0.1, 0.15) is 0 Å². The van der Waals surface area contributed by atoms with Crippen molar-refractivity contribution in [2.45, 2.75) is 13.8 Å². The Kier molecular flexibility index (Phi) is 5.53. The number of rotatable bonds is 7. The van der Waals surface area contributed by atoms with E-state index in [4.69, 9.17) is 13.5 Å². The van der Waals surface area contributed by atoms with Crippen molar-refractivity contribution in [1.29, 1.82) is 0 Å². The van der Waals surface area contributed by atoms with Gasteiger partial charge in [0.05, 0.1) is 19.5 Å². The van der Waals surface area contributed by atoms with Gasteiger partial charge in [-0.25, -0.2) is 4.57 Å². The van der Waals surface area contributed by atoms with E-state index in [0.717, 1.165) is 0 Å². The summed E-state index contributed by atoms with van der Waals surface area (Å²) in [5.74, 6) is -1.21. The van der Waals surface area contributed by atoms with Gasteiger partial charge in [0, 0.05) is 0 Å². The van der Waals surface area contributed by atoms with E-state index >= 15 is 0 Å². The normalized spacial score (nSPS) is 11.3. The molecule has 1 heterocycles. The van der Waals surface area contributed by atoms with E-state index in [0.29, 0.717) is 0 Å². The third-order valence-electron chi connectivity index (χ3n) is 1.69. The summed E-state index contributed by atoms with van der Waals surface area (Å²) in [5.41, 5.74) is 0. The van der Waals surface area contributed by atoms with Crippen LogP contribution in [0.3, 0.4) is 0 Å². The van der Waals surface area contributed by atoms with Gasteiger partial charge in [0.25, 0.3) is 0 Å². The predicted molar refractivity (Wildman–Crippen MR) is 59.8 cm³/mol. The summed E-state index contributed by atoms with van der Waals surface area (Å²) in [5, 5.41) is 0. The second-order valence-corrected chi connectivity index (χ2v) is 4.53. The lowest BCUT2D eigenvalue weighted by molar-refractivity contribution is 0.155. The first-order valence-electron chi connectivity index (χ1n) is 5.20. The average molecular weight is 282 g/mol. The molecule has 18 heavy (non-hydrogen) atoms. The molecule has 102 valence electrons. The predicted octanol–water partition coefficient (Wildman–Crippen LogP) is 4.04. The SMILES string of the molecule is CCOP(=O)(OCC)OC(=C(F)F)c1ccco1. The molecule has 0 radical (unpaired) electrons. The summed E-state index contributed by atoms with van der Waals surface area (Å²) in [6.45, 7) is 3.07. The van der Waals surface area contributed by atoms with Crippen LogP contribution in [0.25, 0.3) is 5.76 Å². The Balaban J connectivity index is 2.97. The van der Waals surface area contributed by atoms with Crippen LogP contribution in [0.4, 0.5) is 8.78 Å². The van der Waals surface area contributed by atoms with Gasteiger partial charge in [-0.2, -0.15) is 8.78 Å². The summed E-state index contributed by atoms with van der Waals surface area (Å²) in [6, 6.07) is 2.64. The molecule has 0 spiro atoms. The maximum Gasteiger partial charge on any atom is 0.530 e. The van der Waals surface area contributed by atoms with Crippen molar-refractivity contribution >= 4 is 13.6 Å². The van der Waals surface area contributed by atoms with Crippen LogP contribution < -0.4 is 0 Å². The van der Waals surface area contributed by atoms with Crippen LogP contribution >= 0.6 is 7.82 Å². The summed E-state index contributed by atoms with van der Waals surface area (Å²) >= 11 is 0. The molecule has 0 aromatic carbocycles. The lowest BCUT2D eigenvalue weighted by Crippen LogP contribution is -2.00. The Labute approximate surface area is 103 Å². The monoisotopic (exact) mass is 282 g/mol. The molecule has 1 aromatic rings. The molecule has 0 N–H and O–H groups in total. The van der Waals surface area contributed by atoms with Crippen LogP contribution in [-0.2, 0) is 18.1 Å². The fraction of sp³-hybridized carbons (Fsp3) is 0.400. The fourth-order valence-electron chi connectivity index (χ4n) is 1.10. The Morgan fingerprint density at radius 1 is 1.33 bits per heavy atom. The number of halogens is 2. The zero-order chi connectivity index (χ0) is 13.6. The largest absolute Gasteiger partial charge is 0.530 e. The van der Waals surface area contributed by atoms with Gasteiger partial charge in [-0.15, -0.1) is 0 Å². The number of hydrogen-bond donors (Lipinski definition) is 0. The van der Waals surface area contributed by atoms with Crippen molar-refractivity contribution < 1.29 is 31.3 Å². The Bertz CT molecular complexity index is 429. The number of furan rings is 1. The maximum atomic E-state index is 12.7. The third-order valence-corrected chi connectivity index (χ3v) is 3.25. The summed E-state index contributed by atoms with van der Waals surface area (Å²) < 4.78 is 56.4. The van der Waals surface area contributed by atoms with E-state index in [1.165, 1.54) is 32.2 Å². The van der Waals surface area contributed by atoms with Crippen molar-refractivity contribution in [2.75, 3.05) is 13.2 Å². The quantitative estimate of drug-likeness (QED) is 0.558. The molecule has 0 aliphatic rings. The van der Waals surface area contributed by atoms with Gasteiger partial charge in [0.15, 0.2) is 5.76 Å². The second kappa shape index (κ2) is 6.68. The lowest BCUT2D eigenvalue weighted by atomic mass is 10.4. The lowest BCUT2D eigenvalue weighted by Gasteiger charge is -2.17. The van der Waals surface area contributed by atoms with Gasteiger partial charge >= 0.3 is 13.9 Å². The van der Waals surface area contributed by atoms with Crippen LogP contribution in [-0.4, -0.2) is 13.2 Å². The van der Waals surface area contributed by atoms with Crippen LogP contribution in [0.1, 0.15) is 19.6 Å². The van der Waals surface area contributed by atoms with E-state index < -0.39 is 19.7 Å². The second-order valence-electron chi connectivity index (χ2n) is 2.94. The van der Waals surface area contributed by atoms with Crippen molar-refractivity contribution in [2.24, 2.45) is 0 Å². The van der Waals surface area contributed by atoms with Gasteiger partial charge in [-0.3, -0.25) is 9.05 Å². The maximum absolute atomic E-state index is 12.7. The molecule has 0 saturated carbocycles. The molecule has 0 atom stereocenters. The van der Waals surface area contributed by atoms with Crippen molar-refractivity contribution in [3.63, 3.8) is 0 Å². The first-order chi connectivity index (χ1) is 8.52. The minimum absolute atomic E-state index is 0.00336. The Morgan fingerprint density at radius 3 is 2.33 bits per heavy atom. The number of phosphoric ester groups is 1. The van der Waals surface area contributed by atoms with Crippen molar-refractivity contribution in [1.82, 2.24) is 0 Å². The zero-order valence-corrected chi connectivity index (χ0v) is 10.8. The van der Waals surface area contributed by atoms with Crippen LogP contribution in [0, 0.1) is 0 Å². The third kappa shape index (κ3) is 3.94. The molecule has 0 unspecified atom stereocenters. The first kappa shape index (κ1) is 14.9. The first-order valence-corrected chi connectivity index (χ1v) is 6.66. The Morgan fingerprint density at radius 2 is 1.94 bits per heavy atom. The van der Waals surface area contributed by atoms with Gasteiger partial charge in [-0.05, 0) is 26.0 Å². The molecule has 1 rings (SSSR count). The molecule has 8 heteroatoms. The van der Waals surface area contributed by atoms with E-state index in [-0.39, 0.29) is 19.0 Å². The highest BCUT2D eigenvalue weighted by Crippen LogP contribution is 2.53. The summed E-state index contributed by atoms with van der Waals surface area (Å²) in [7, 11) is -4.07. The molecular weight excluding hydrogens is 269 g/mol. The fourth-order valence-corrected chi connectivity index (χ4v) is 2.29. The van der Waals surface area contributed by atoms with Crippen molar-refractivity contribution in [3.8, 4) is 0 Å². The summed E-state index contributed by atoms with van der Waals surface area (Å²) in [4.78, 5) is 0. The molecular formula is C10H13F2O5P. The van der Waals surface area contributed by atoms with E-state index in [1.807, 2.05) is 0 Å². The van der Waals surface area contributed by atoms with Gasteiger partial charge < -0.3 is 8.94 Å². The Hall–Kier alpha value is -1.17. The topological polar surface area (TPSA) is 57.9 Å². The highest BCUT2D eigenvalue weighted by molar-refractivity contribution is 7.48. The molecule has 0 aliphatic heterocycles. The van der Waals surface area contributed by atoms with Crippen LogP contribution in [0.5, 0.6) is 0 Å². The van der Waals surface area contributed by atoms with E-state index in [1.54, 1.807) is 0 Å².